The van der Waals surface area contributed by atoms with Crippen molar-refractivity contribution in [1.82, 2.24) is 10.2 Å². The first-order valence-corrected chi connectivity index (χ1v) is 6.09. The van der Waals surface area contributed by atoms with E-state index in [1.807, 2.05) is 13.8 Å². The molecule has 6 nitrogen and oxygen atoms in total. The maximum absolute atomic E-state index is 5.71. The summed E-state index contributed by atoms with van der Waals surface area (Å²) in [5.74, 6) is 0.481. The minimum Gasteiger partial charge on any atom is -0.406 e. The van der Waals surface area contributed by atoms with Gasteiger partial charge in [-0.05, 0) is 20.3 Å². The van der Waals surface area contributed by atoms with Crippen LogP contribution in [0.5, 0.6) is 0 Å². The smallest absolute Gasteiger partial charge is 0.318 e. The van der Waals surface area contributed by atoms with E-state index >= 15 is 0 Å². The molecule has 0 aliphatic carbocycles. The van der Waals surface area contributed by atoms with E-state index in [-0.39, 0.29) is 12.1 Å². The summed E-state index contributed by atoms with van der Waals surface area (Å²) in [5, 5.41) is 8.03. The monoisotopic (exact) mass is 240 g/mol. The van der Waals surface area contributed by atoms with Crippen molar-refractivity contribution in [2.75, 3.05) is 18.1 Å². The molecule has 1 aliphatic rings. The maximum atomic E-state index is 5.71. The van der Waals surface area contributed by atoms with Gasteiger partial charge in [0, 0.05) is 6.54 Å². The molecule has 0 aromatic carbocycles. The third-order valence-corrected chi connectivity index (χ3v) is 3.00. The summed E-state index contributed by atoms with van der Waals surface area (Å²) in [5.41, 5.74) is 5.71. The lowest BCUT2D eigenvalue weighted by Crippen LogP contribution is -2.48. The minimum absolute atomic E-state index is 0.184. The van der Waals surface area contributed by atoms with Gasteiger partial charge in [-0.3, -0.25) is 0 Å². The molecule has 0 saturated carbocycles. The Morgan fingerprint density at radius 2 is 2.29 bits per heavy atom. The third-order valence-electron chi connectivity index (χ3n) is 3.00. The van der Waals surface area contributed by atoms with Gasteiger partial charge in [0.15, 0.2) is 0 Å². The van der Waals surface area contributed by atoms with Gasteiger partial charge in [0.1, 0.15) is 0 Å². The summed E-state index contributed by atoms with van der Waals surface area (Å²) in [6.07, 6.45) is 1.17. The molecule has 1 fully saturated rings. The number of hydrogen-bond donors (Lipinski definition) is 1. The summed E-state index contributed by atoms with van der Waals surface area (Å²) in [4.78, 5) is 2.12. The molecule has 3 atom stereocenters. The molecular weight excluding hydrogens is 220 g/mol. The Labute approximate surface area is 101 Å². The minimum atomic E-state index is -0.227. The SMILES string of the molecule is CCC1COC(C)CN1c1nnc(C(C)N)o1. The van der Waals surface area contributed by atoms with Gasteiger partial charge in [0.2, 0.25) is 5.89 Å². The van der Waals surface area contributed by atoms with Crippen LogP contribution in [0.15, 0.2) is 4.42 Å². The van der Waals surface area contributed by atoms with E-state index in [1.54, 1.807) is 0 Å². The van der Waals surface area contributed by atoms with E-state index < -0.39 is 0 Å². The fraction of sp³-hybridized carbons (Fsp3) is 0.818. The van der Waals surface area contributed by atoms with Crippen molar-refractivity contribution < 1.29 is 9.15 Å². The molecule has 2 heterocycles. The van der Waals surface area contributed by atoms with Gasteiger partial charge >= 0.3 is 6.01 Å². The number of ether oxygens (including phenoxy) is 1. The van der Waals surface area contributed by atoms with Crippen LogP contribution >= 0.6 is 0 Å². The first-order chi connectivity index (χ1) is 8.11. The zero-order valence-corrected chi connectivity index (χ0v) is 10.6. The molecule has 1 saturated heterocycles. The Morgan fingerprint density at radius 3 is 2.88 bits per heavy atom. The molecule has 17 heavy (non-hydrogen) atoms. The van der Waals surface area contributed by atoms with Crippen molar-refractivity contribution in [2.45, 2.75) is 45.4 Å². The first-order valence-electron chi connectivity index (χ1n) is 6.09. The van der Waals surface area contributed by atoms with Crippen molar-refractivity contribution in [3.63, 3.8) is 0 Å². The second-order valence-electron chi connectivity index (χ2n) is 4.57. The van der Waals surface area contributed by atoms with Crippen molar-refractivity contribution in [2.24, 2.45) is 5.73 Å². The summed E-state index contributed by atoms with van der Waals surface area (Å²) >= 11 is 0. The molecular formula is C11H20N4O2. The highest BCUT2D eigenvalue weighted by Crippen LogP contribution is 2.23. The highest BCUT2D eigenvalue weighted by Gasteiger charge is 2.29. The zero-order chi connectivity index (χ0) is 12.4. The van der Waals surface area contributed by atoms with Gasteiger partial charge in [-0.1, -0.05) is 12.0 Å². The van der Waals surface area contributed by atoms with E-state index in [2.05, 4.69) is 22.0 Å². The zero-order valence-electron chi connectivity index (χ0n) is 10.6. The van der Waals surface area contributed by atoms with Gasteiger partial charge in [-0.2, -0.15) is 0 Å². The average molecular weight is 240 g/mol. The molecule has 6 heteroatoms. The maximum Gasteiger partial charge on any atom is 0.318 e. The molecule has 3 unspecified atom stereocenters. The molecule has 1 aromatic rings. The number of nitrogens with zero attached hydrogens (tertiary/aromatic N) is 3. The Balaban J connectivity index is 2.17. The van der Waals surface area contributed by atoms with E-state index in [9.17, 15) is 0 Å². The van der Waals surface area contributed by atoms with Crippen LogP contribution in [0, 0.1) is 0 Å². The molecule has 0 bridgehead atoms. The quantitative estimate of drug-likeness (QED) is 0.852. The lowest BCUT2D eigenvalue weighted by molar-refractivity contribution is 0.0277. The van der Waals surface area contributed by atoms with Crippen LogP contribution in [-0.2, 0) is 4.74 Å². The van der Waals surface area contributed by atoms with Crippen LogP contribution < -0.4 is 10.6 Å². The molecule has 1 aliphatic heterocycles. The standard InChI is InChI=1S/C11H20N4O2/c1-4-9-6-16-7(2)5-15(9)11-14-13-10(17-11)8(3)12/h7-9H,4-6,12H2,1-3H3. The summed E-state index contributed by atoms with van der Waals surface area (Å²) in [6, 6.07) is 0.627. The highest BCUT2D eigenvalue weighted by molar-refractivity contribution is 5.28. The van der Waals surface area contributed by atoms with Crippen molar-refractivity contribution in [3.8, 4) is 0 Å². The third kappa shape index (κ3) is 2.58. The lowest BCUT2D eigenvalue weighted by Gasteiger charge is -2.36. The number of hydrogen-bond acceptors (Lipinski definition) is 6. The van der Waals surface area contributed by atoms with Crippen LogP contribution in [0.3, 0.4) is 0 Å². The van der Waals surface area contributed by atoms with Crippen LogP contribution in [-0.4, -0.2) is 35.5 Å². The topological polar surface area (TPSA) is 77.4 Å². The molecule has 1 aromatic heterocycles. The van der Waals surface area contributed by atoms with Gasteiger partial charge < -0.3 is 19.8 Å². The lowest BCUT2D eigenvalue weighted by atomic mass is 10.1. The largest absolute Gasteiger partial charge is 0.406 e. The molecule has 2 rings (SSSR count). The van der Waals surface area contributed by atoms with E-state index in [4.69, 9.17) is 14.9 Å². The normalized spacial score (nSPS) is 27.2. The van der Waals surface area contributed by atoms with Gasteiger partial charge in [-0.15, -0.1) is 5.10 Å². The van der Waals surface area contributed by atoms with Gasteiger partial charge in [0.05, 0.1) is 24.8 Å². The Kier molecular flexibility index (Phi) is 3.63. The molecule has 0 radical (unpaired) electrons. The second-order valence-corrected chi connectivity index (χ2v) is 4.57. The Bertz CT molecular complexity index is 366. The van der Waals surface area contributed by atoms with Crippen LogP contribution in [0.4, 0.5) is 6.01 Å². The van der Waals surface area contributed by atoms with Gasteiger partial charge in [-0.25, -0.2) is 0 Å². The fourth-order valence-corrected chi connectivity index (χ4v) is 1.94. The fourth-order valence-electron chi connectivity index (χ4n) is 1.94. The van der Waals surface area contributed by atoms with Crippen LogP contribution in [0.2, 0.25) is 0 Å². The number of morpholine rings is 1. The number of nitrogens with two attached hydrogens (primary N) is 1. The molecule has 2 N–H and O–H groups in total. The van der Waals surface area contributed by atoms with Crippen LogP contribution in [0.25, 0.3) is 0 Å². The average Bonchev–Trinajstić information content (AvgIpc) is 2.78. The van der Waals surface area contributed by atoms with Gasteiger partial charge in [0.25, 0.3) is 0 Å². The van der Waals surface area contributed by atoms with Crippen molar-refractivity contribution in [1.29, 1.82) is 0 Å². The second kappa shape index (κ2) is 5.01. The van der Waals surface area contributed by atoms with E-state index in [1.165, 1.54) is 0 Å². The number of anilines is 1. The first kappa shape index (κ1) is 12.3. The Hall–Kier alpha value is -1.14. The predicted octanol–water partition coefficient (Wildman–Crippen LogP) is 1.09. The number of rotatable bonds is 3. The summed E-state index contributed by atoms with van der Waals surface area (Å²) in [6.45, 7) is 7.48. The van der Waals surface area contributed by atoms with E-state index in [0.29, 0.717) is 24.6 Å². The summed E-state index contributed by atoms with van der Waals surface area (Å²) in [7, 11) is 0. The Morgan fingerprint density at radius 1 is 1.53 bits per heavy atom. The van der Waals surface area contributed by atoms with E-state index in [0.717, 1.165) is 13.0 Å². The van der Waals surface area contributed by atoms with Crippen LogP contribution in [0.1, 0.15) is 39.1 Å². The summed E-state index contributed by atoms with van der Waals surface area (Å²) < 4.78 is 11.2. The highest BCUT2D eigenvalue weighted by atomic mass is 16.5. The predicted molar refractivity (Wildman–Crippen MR) is 63.7 cm³/mol. The molecule has 0 amide bonds. The van der Waals surface area contributed by atoms with Crippen molar-refractivity contribution >= 4 is 6.01 Å². The molecule has 0 spiro atoms. The molecule has 96 valence electrons. The van der Waals surface area contributed by atoms with Crippen molar-refractivity contribution in [3.05, 3.63) is 5.89 Å². The number of aromatic nitrogens is 2.